The number of nitrogens with zero attached hydrogens (tertiary/aromatic N) is 3. The number of aliphatic imine (C=N–C) groups is 2. The van der Waals surface area contributed by atoms with E-state index in [1.165, 1.54) is 25.1 Å². The van der Waals surface area contributed by atoms with Gasteiger partial charge in [-0.2, -0.15) is 0 Å². The first-order valence-corrected chi connectivity index (χ1v) is 24.9. The molecule has 2 fully saturated rings. The molecule has 0 radical (unpaired) electrons. The van der Waals surface area contributed by atoms with E-state index < -0.39 is 120 Å². The Bertz CT molecular complexity index is 2640. The number of carbonyl (C=O) groups is 9. The van der Waals surface area contributed by atoms with Crippen LogP contribution in [0.3, 0.4) is 0 Å². The number of para-hydroxylation sites is 1. The van der Waals surface area contributed by atoms with Crippen LogP contribution in [0.25, 0.3) is 10.9 Å². The number of halogens is 1. The SMILES string of the molecule is CC(=O)N[C@@H](CCCN=C(N)N)C(=O)N[C@H]1CCC(=O)NCCC[C@@H](C(N)=O)NC(=O)[C@H](Cc2c[nH]c3ccccc23)NC(=O)[C@H](CCCN=C(N)N)NC(=O)[C@@H](Cc2ccccc2F)NC(=O)[C@@H]2C[C@@H](O)CN2C1=O. The van der Waals surface area contributed by atoms with E-state index in [1.54, 1.807) is 24.4 Å². The number of amides is 9. The molecule has 0 saturated carbocycles. The summed E-state index contributed by atoms with van der Waals surface area (Å²) in [5.41, 5.74) is 29.0. The Morgan fingerprint density at radius 3 is 2.09 bits per heavy atom. The second-order valence-corrected chi connectivity index (χ2v) is 18.6. The highest BCUT2D eigenvalue weighted by atomic mass is 19.1. The van der Waals surface area contributed by atoms with Crippen LogP contribution in [0.5, 0.6) is 0 Å². The summed E-state index contributed by atoms with van der Waals surface area (Å²) in [7, 11) is 0. The first kappa shape index (κ1) is 58.5. The van der Waals surface area contributed by atoms with E-state index in [-0.39, 0.29) is 101 Å². The van der Waals surface area contributed by atoms with Crippen molar-refractivity contribution in [3.05, 3.63) is 71.7 Å². The maximum Gasteiger partial charge on any atom is 0.245 e. The van der Waals surface area contributed by atoms with Crippen molar-refractivity contribution >= 4 is 76.0 Å². The summed E-state index contributed by atoms with van der Waals surface area (Å²) in [6.07, 6.45) is -1.15. The van der Waals surface area contributed by atoms with Crippen molar-refractivity contribution in [3.8, 4) is 0 Å². The minimum absolute atomic E-state index is 0.0000149. The lowest BCUT2D eigenvalue weighted by Crippen LogP contribution is -2.60. The predicted molar refractivity (Wildman–Crippen MR) is 276 cm³/mol. The van der Waals surface area contributed by atoms with Gasteiger partial charge in [0.25, 0.3) is 0 Å². The van der Waals surface area contributed by atoms with Gasteiger partial charge in [0.2, 0.25) is 53.2 Å². The van der Waals surface area contributed by atoms with Crippen molar-refractivity contribution < 1.29 is 52.6 Å². The number of guanidine groups is 2. The maximum atomic E-state index is 15.4. The number of nitrogens with two attached hydrogens (primary N) is 5. The van der Waals surface area contributed by atoms with Crippen LogP contribution in [-0.2, 0) is 56.0 Å². The molecule has 412 valence electrons. The third kappa shape index (κ3) is 17.7. The monoisotopic (exact) mass is 1060 g/mol. The number of aromatic nitrogens is 1. The van der Waals surface area contributed by atoms with E-state index in [0.717, 1.165) is 21.9 Å². The van der Waals surface area contributed by atoms with E-state index in [2.05, 4.69) is 52.2 Å². The summed E-state index contributed by atoms with van der Waals surface area (Å²) in [5, 5.41) is 30.1. The molecule has 76 heavy (non-hydrogen) atoms. The Balaban J connectivity index is 1.54. The molecule has 2 saturated heterocycles. The molecule has 3 aromatic rings. The van der Waals surface area contributed by atoms with Crippen molar-refractivity contribution in [2.45, 2.75) is 126 Å². The van der Waals surface area contributed by atoms with Crippen LogP contribution < -0.4 is 65.9 Å². The standard InChI is InChI=1S/C49H69FN16O10/c1-26(67)60-34(14-7-19-57-48(52)53)42(71)63-36-16-17-40(69)56-18-6-13-33(41(51)70)61-44(73)38(22-28-24-59-32-12-5-3-10-30(28)32)64-43(72)35(15-8-20-58-49(54)55)62-45(74)37(21-27-9-2-4-11-31(27)50)65-46(75)39-23-29(68)25-66(39)47(36)76/h2-5,9-12,24,29,33-39,59,68H,6-8,13-23,25H2,1H3,(H2,51,70)(H,56,69)(H,60,67)(H,61,73)(H,62,74)(H,63,71)(H,64,72)(H,65,75)(H4,52,53,57)(H4,54,55,58)/t29-,33+,34+,35+,36+,37-,38+,39+/m1/s1. The van der Waals surface area contributed by atoms with Gasteiger partial charge < -0.3 is 80.9 Å². The zero-order valence-corrected chi connectivity index (χ0v) is 42.1. The molecule has 0 bridgehead atoms. The zero-order valence-electron chi connectivity index (χ0n) is 42.1. The number of H-pyrrole nitrogens is 1. The fourth-order valence-electron chi connectivity index (χ4n) is 8.92. The second kappa shape index (κ2) is 28.3. The van der Waals surface area contributed by atoms with Crippen molar-refractivity contribution in [1.29, 1.82) is 0 Å². The average Bonchev–Trinajstić information content (AvgIpc) is 3.97. The van der Waals surface area contributed by atoms with Crippen molar-refractivity contribution in [3.63, 3.8) is 0 Å². The maximum absolute atomic E-state index is 15.4. The summed E-state index contributed by atoms with van der Waals surface area (Å²) < 4.78 is 15.4. The minimum Gasteiger partial charge on any atom is -0.391 e. The Morgan fingerprint density at radius 1 is 0.789 bits per heavy atom. The number of hydrogen-bond acceptors (Lipinski definition) is 12. The number of nitrogens with one attached hydrogen (secondary N) is 8. The Kier molecular flexibility index (Phi) is 21.8. The molecule has 0 aliphatic carbocycles. The molecule has 19 N–H and O–H groups in total. The summed E-state index contributed by atoms with van der Waals surface area (Å²) in [5.74, 6) is -8.73. The molecule has 9 amide bonds. The molecular weight excluding hydrogens is 992 g/mol. The van der Waals surface area contributed by atoms with E-state index in [0.29, 0.717) is 5.56 Å². The number of carbonyl (C=O) groups excluding carboxylic acids is 9. The van der Waals surface area contributed by atoms with Gasteiger partial charge in [-0.15, -0.1) is 0 Å². The molecule has 0 unspecified atom stereocenters. The average molecular weight is 1060 g/mol. The number of aliphatic hydroxyl groups excluding tert-OH is 1. The van der Waals surface area contributed by atoms with Crippen LogP contribution in [0.4, 0.5) is 4.39 Å². The van der Waals surface area contributed by atoms with Crippen LogP contribution in [0.15, 0.2) is 64.7 Å². The normalized spacial score (nSPS) is 22.8. The summed E-state index contributed by atoms with van der Waals surface area (Å²) in [4.78, 5) is 137. The minimum atomic E-state index is -1.66. The molecule has 2 aliphatic heterocycles. The molecule has 3 heterocycles. The van der Waals surface area contributed by atoms with Crippen LogP contribution in [0, 0.1) is 5.82 Å². The molecule has 26 nitrogen and oxygen atoms in total. The number of rotatable bonds is 16. The van der Waals surface area contributed by atoms with E-state index >= 15 is 4.39 Å². The summed E-state index contributed by atoms with van der Waals surface area (Å²) in [6.45, 7) is 0.797. The molecule has 1 aromatic heterocycles. The molecule has 27 heteroatoms. The van der Waals surface area contributed by atoms with E-state index in [9.17, 15) is 48.3 Å². The number of fused-ring (bicyclic) bond motifs is 2. The smallest absolute Gasteiger partial charge is 0.245 e. The molecular formula is C49H69FN16O10. The largest absolute Gasteiger partial charge is 0.391 e. The van der Waals surface area contributed by atoms with Gasteiger partial charge >= 0.3 is 0 Å². The highest BCUT2D eigenvalue weighted by Gasteiger charge is 2.43. The molecule has 8 atom stereocenters. The third-order valence-corrected chi connectivity index (χ3v) is 12.8. The van der Waals surface area contributed by atoms with Crippen molar-refractivity contribution in [2.24, 2.45) is 38.7 Å². The first-order chi connectivity index (χ1) is 36.2. The van der Waals surface area contributed by atoms with Gasteiger partial charge in [0.1, 0.15) is 48.1 Å². The summed E-state index contributed by atoms with van der Waals surface area (Å²) >= 11 is 0. The van der Waals surface area contributed by atoms with E-state index in [1.807, 2.05) is 6.07 Å². The van der Waals surface area contributed by atoms with Gasteiger partial charge in [-0.1, -0.05) is 36.4 Å². The molecule has 0 spiro atoms. The highest BCUT2D eigenvalue weighted by molar-refractivity contribution is 5.98. The van der Waals surface area contributed by atoms with Gasteiger partial charge in [0.05, 0.1) is 6.10 Å². The van der Waals surface area contributed by atoms with Crippen LogP contribution >= 0.6 is 0 Å². The molecule has 2 aromatic carbocycles. The molecule has 2 aliphatic rings. The van der Waals surface area contributed by atoms with Gasteiger partial charge in [-0.3, -0.25) is 53.1 Å². The van der Waals surface area contributed by atoms with Crippen LogP contribution in [-0.4, -0.2) is 155 Å². The number of benzene rings is 2. The van der Waals surface area contributed by atoms with Gasteiger partial charge in [-0.05, 0) is 68.2 Å². The van der Waals surface area contributed by atoms with Crippen molar-refractivity contribution in [1.82, 2.24) is 47.1 Å². The Labute approximate surface area is 437 Å². The zero-order chi connectivity index (χ0) is 55.5. The van der Waals surface area contributed by atoms with Gasteiger partial charge in [0.15, 0.2) is 11.9 Å². The highest BCUT2D eigenvalue weighted by Crippen LogP contribution is 2.23. The lowest BCUT2D eigenvalue weighted by atomic mass is 10.0. The van der Waals surface area contributed by atoms with Crippen LogP contribution in [0.2, 0.25) is 0 Å². The molecule has 5 rings (SSSR count). The second-order valence-electron chi connectivity index (χ2n) is 18.6. The quantitative estimate of drug-likeness (QED) is 0.0373. The third-order valence-electron chi connectivity index (χ3n) is 12.8. The number of primary amides is 1. The van der Waals surface area contributed by atoms with Crippen LogP contribution in [0.1, 0.15) is 75.8 Å². The van der Waals surface area contributed by atoms with Gasteiger partial charge in [0, 0.05) is 75.9 Å². The topological polar surface area (TPSA) is 432 Å². The van der Waals surface area contributed by atoms with E-state index in [4.69, 9.17) is 28.7 Å². The lowest BCUT2D eigenvalue weighted by molar-refractivity contribution is -0.143. The fraction of sp³-hybridized carbons (Fsp3) is 0.490. The Morgan fingerprint density at radius 2 is 1.41 bits per heavy atom. The lowest BCUT2D eigenvalue weighted by Gasteiger charge is -2.31. The van der Waals surface area contributed by atoms with Gasteiger partial charge in [-0.25, -0.2) is 4.39 Å². The first-order valence-electron chi connectivity index (χ1n) is 24.9. The summed E-state index contributed by atoms with van der Waals surface area (Å²) in [6, 6.07) is 2.53. The van der Waals surface area contributed by atoms with Crippen molar-refractivity contribution in [2.75, 3.05) is 26.2 Å². The predicted octanol–water partition coefficient (Wildman–Crippen LogP) is -3.73. The number of aliphatic hydroxyl groups is 1. The fourth-order valence-corrected chi connectivity index (χ4v) is 8.92. The number of hydrogen-bond donors (Lipinski definition) is 14. The Hall–Kier alpha value is -8.36. The number of aromatic amines is 1.